The quantitative estimate of drug-likeness (QED) is 0.809. The fourth-order valence-corrected chi connectivity index (χ4v) is 3.70. The number of aldehydes is 1. The van der Waals surface area contributed by atoms with E-state index in [1.54, 1.807) is 0 Å². The predicted molar refractivity (Wildman–Crippen MR) is 94.1 cm³/mol. The normalized spacial score (nSPS) is 20.6. The van der Waals surface area contributed by atoms with Gasteiger partial charge in [-0.1, -0.05) is 12.8 Å². The molecule has 6 nitrogen and oxygen atoms in total. The Morgan fingerprint density at radius 1 is 1.28 bits per heavy atom. The number of imidazole rings is 1. The minimum Gasteiger partial charge on any atom is -0.505 e. The van der Waals surface area contributed by atoms with Gasteiger partial charge in [-0.3, -0.25) is 9.78 Å². The second-order valence-electron chi connectivity index (χ2n) is 6.97. The van der Waals surface area contributed by atoms with Crippen molar-refractivity contribution < 1.29 is 14.6 Å². The summed E-state index contributed by atoms with van der Waals surface area (Å²) in [7, 11) is 0. The lowest BCUT2D eigenvalue weighted by atomic mass is 9.78. The highest BCUT2D eigenvalue weighted by atomic mass is 16.5. The van der Waals surface area contributed by atoms with Crippen LogP contribution in [0.15, 0.2) is 24.9 Å². The number of hydrogen-bond donors (Lipinski definition) is 1. The van der Waals surface area contributed by atoms with Crippen LogP contribution in [-0.4, -0.2) is 32.5 Å². The summed E-state index contributed by atoms with van der Waals surface area (Å²) in [5, 5.41) is 9.74. The zero-order valence-electron chi connectivity index (χ0n) is 14.8. The molecular formula is C19H25N3O3. The standard InChI is InChI=1S/C19H25N3O3/c1-13(2)22-12-21-7-17(22)15-6-4-3-5-14(15)11-25-19-9-20-8-18(24)16(19)10-23/h7-10,12-15,24H,3-6,11H2,1-2H3. The first-order valence-corrected chi connectivity index (χ1v) is 8.88. The Bertz CT molecular complexity index is 726. The summed E-state index contributed by atoms with van der Waals surface area (Å²) < 4.78 is 8.13. The molecular weight excluding hydrogens is 318 g/mol. The summed E-state index contributed by atoms with van der Waals surface area (Å²) in [6, 6.07) is 0.373. The van der Waals surface area contributed by atoms with Gasteiger partial charge in [0.2, 0.25) is 0 Å². The van der Waals surface area contributed by atoms with Gasteiger partial charge in [0.1, 0.15) is 11.3 Å². The number of aromatic nitrogens is 3. The average Bonchev–Trinajstić information content (AvgIpc) is 3.10. The van der Waals surface area contributed by atoms with E-state index in [4.69, 9.17) is 4.74 Å². The van der Waals surface area contributed by atoms with Crippen molar-refractivity contribution in [2.24, 2.45) is 5.92 Å². The number of carbonyl (C=O) groups is 1. The number of hydrogen-bond acceptors (Lipinski definition) is 5. The Morgan fingerprint density at radius 3 is 2.84 bits per heavy atom. The smallest absolute Gasteiger partial charge is 0.157 e. The highest BCUT2D eigenvalue weighted by Gasteiger charge is 2.30. The van der Waals surface area contributed by atoms with E-state index in [0.717, 1.165) is 12.8 Å². The van der Waals surface area contributed by atoms with Gasteiger partial charge < -0.3 is 14.4 Å². The summed E-state index contributed by atoms with van der Waals surface area (Å²) in [4.78, 5) is 19.4. The highest BCUT2D eigenvalue weighted by Crippen LogP contribution is 2.39. The maximum atomic E-state index is 11.2. The van der Waals surface area contributed by atoms with Crippen LogP contribution in [0, 0.1) is 5.92 Å². The van der Waals surface area contributed by atoms with E-state index in [1.165, 1.54) is 30.9 Å². The third kappa shape index (κ3) is 3.67. The molecule has 2 atom stereocenters. The largest absolute Gasteiger partial charge is 0.505 e. The molecule has 2 aromatic heterocycles. The molecule has 25 heavy (non-hydrogen) atoms. The van der Waals surface area contributed by atoms with Crippen LogP contribution in [0.2, 0.25) is 0 Å². The molecule has 0 saturated heterocycles. The molecule has 0 aromatic carbocycles. The van der Waals surface area contributed by atoms with Gasteiger partial charge >= 0.3 is 0 Å². The van der Waals surface area contributed by atoms with Crippen molar-refractivity contribution >= 4 is 6.29 Å². The van der Waals surface area contributed by atoms with Crippen molar-refractivity contribution in [3.63, 3.8) is 0 Å². The monoisotopic (exact) mass is 343 g/mol. The Morgan fingerprint density at radius 2 is 2.08 bits per heavy atom. The van der Waals surface area contributed by atoms with E-state index in [-0.39, 0.29) is 11.3 Å². The van der Waals surface area contributed by atoms with E-state index < -0.39 is 0 Å². The molecule has 2 unspecified atom stereocenters. The van der Waals surface area contributed by atoms with Gasteiger partial charge in [-0.25, -0.2) is 4.98 Å². The van der Waals surface area contributed by atoms with Crippen LogP contribution in [0.5, 0.6) is 11.5 Å². The first kappa shape index (κ1) is 17.5. The van der Waals surface area contributed by atoms with Gasteiger partial charge in [0, 0.05) is 29.8 Å². The number of pyridine rings is 1. The van der Waals surface area contributed by atoms with Crippen molar-refractivity contribution in [1.29, 1.82) is 0 Å². The van der Waals surface area contributed by atoms with Crippen LogP contribution in [0.1, 0.15) is 67.5 Å². The fourth-order valence-electron chi connectivity index (χ4n) is 3.70. The van der Waals surface area contributed by atoms with Gasteiger partial charge in [0.05, 0.1) is 25.3 Å². The molecule has 0 aliphatic heterocycles. The summed E-state index contributed by atoms with van der Waals surface area (Å²) in [6.45, 7) is 4.82. The zero-order valence-corrected chi connectivity index (χ0v) is 14.8. The third-order valence-electron chi connectivity index (χ3n) is 5.04. The maximum Gasteiger partial charge on any atom is 0.157 e. The Hall–Kier alpha value is -2.37. The number of ether oxygens (including phenoxy) is 1. The van der Waals surface area contributed by atoms with Crippen LogP contribution >= 0.6 is 0 Å². The van der Waals surface area contributed by atoms with Crippen molar-refractivity contribution in [1.82, 2.24) is 14.5 Å². The molecule has 3 rings (SSSR count). The minimum absolute atomic E-state index is 0.148. The Kier molecular flexibility index (Phi) is 5.36. The molecule has 0 amide bonds. The average molecular weight is 343 g/mol. The summed E-state index contributed by atoms with van der Waals surface area (Å²) in [6.07, 6.45) is 11.8. The number of aromatic hydroxyl groups is 1. The molecule has 2 heterocycles. The van der Waals surface area contributed by atoms with E-state index in [2.05, 4.69) is 28.4 Å². The van der Waals surface area contributed by atoms with E-state index in [1.807, 2.05) is 12.5 Å². The summed E-state index contributed by atoms with van der Waals surface area (Å²) >= 11 is 0. The van der Waals surface area contributed by atoms with E-state index in [9.17, 15) is 9.90 Å². The van der Waals surface area contributed by atoms with Crippen LogP contribution in [0.25, 0.3) is 0 Å². The fraction of sp³-hybridized carbons (Fsp3) is 0.526. The number of nitrogens with zero attached hydrogens (tertiary/aromatic N) is 3. The molecule has 1 saturated carbocycles. The van der Waals surface area contributed by atoms with Crippen LogP contribution < -0.4 is 4.74 Å². The maximum absolute atomic E-state index is 11.2. The van der Waals surface area contributed by atoms with Crippen molar-refractivity contribution in [3.05, 3.63) is 36.2 Å². The zero-order chi connectivity index (χ0) is 17.8. The van der Waals surface area contributed by atoms with Crippen molar-refractivity contribution in [3.8, 4) is 11.5 Å². The lowest BCUT2D eigenvalue weighted by Gasteiger charge is -2.32. The molecule has 0 bridgehead atoms. The van der Waals surface area contributed by atoms with E-state index in [0.29, 0.717) is 36.5 Å². The Balaban J connectivity index is 1.77. The first-order valence-electron chi connectivity index (χ1n) is 8.88. The predicted octanol–water partition coefficient (Wildman–Crippen LogP) is 3.73. The van der Waals surface area contributed by atoms with Crippen LogP contribution in [0.4, 0.5) is 0 Å². The van der Waals surface area contributed by atoms with Crippen LogP contribution in [-0.2, 0) is 0 Å². The number of rotatable bonds is 6. The molecule has 1 aliphatic carbocycles. The molecule has 1 aliphatic rings. The SMILES string of the molecule is CC(C)n1cncc1C1CCCCC1COc1cncc(O)c1C=O. The molecule has 134 valence electrons. The molecule has 0 radical (unpaired) electrons. The highest BCUT2D eigenvalue weighted by molar-refractivity contribution is 5.82. The minimum atomic E-state index is -0.148. The van der Waals surface area contributed by atoms with Crippen molar-refractivity contribution in [2.75, 3.05) is 6.61 Å². The third-order valence-corrected chi connectivity index (χ3v) is 5.04. The van der Waals surface area contributed by atoms with Crippen molar-refractivity contribution in [2.45, 2.75) is 51.5 Å². The lowest BCUT2D eigenvalue weighted by molar-refractivity contribution is 0.111. The number of carbonyl (C=O) groups excluding carboxylic acids is 1. The van der Waals surface area contributed by atoms with E-state index >= 15 is 0 Å². The Labute approximate surface area is 147 Å². The second-order valence-corrected chi connectivity index (χ2v) is 6.97. The topological polar surface area (TPSA) is 77.2 Å². The molecule has 6 heteroatoms. The first-order chi connectivity index (χ1) is 12.1. The second kappa shape index (κ2) is 7.68. The van der Waals surface area contributed by atoms with Crippen LogP contribution in [0.3, 0.4) is 0 Å². The lowest BCUT2D eigenvalue weighted by Crippen LogP contribution is -2.26. The van der Waals surface area contributed by atoms with Gasteiger partial charge in [0.25, 0.3) is 0 Å². The van der Waals surface area contributed by atoms with Gasteiger partial charge in [-0.15, -0.1) is 0 Å². The summed E-state index contributed by atoms with van der Waals surface area (Å²) in [5.74, 6) is 0.940. The molecule has 1 N–H and O–H groups in total. The molecule has 1 fully saturated rings. The molecule has 2 aromatic rings. The van der Waals surface area contributed by atoms with Gasteiger partial charge in [-0.05, 0) is 26.7 Å². The summed E-state index contributed by atoms with van der Waals surface area (Å²) in [5.41, 5.74) is 1.42. The van der Waals surface area contributed by atoms with Gasteiger partial charge in [-0.2, -0.15) is 0 Å². The van der Waals surface area contributed by atoms with Gasteiger partial charge in [0.15, 0.2) is 12.0 Å². The molecule has 0 spiro atoms.